The zero-order valence-corrected chi connectivity index (χ0v) is 15.1. The van der Waals surface area contributed by atoms with Crippen molar-refractivity contribution < 1.29 is 14.2 Å². The molecule has 2 rings (SSSR count). The Morgan fingerprint density at radius 3 is 2.44 bits per heavy atom. The molecule has 0 aliphatic heterocycles. The van der Waals surface area contributed by atoms with E-state index in [1.54, 1.807) is 21.3 Å². The van der Waals surface area contributed by atoms with Gasteiger partial charge < -0.3 is 24.8 Å². The molecule has 0 radical (unpaired) electrons. The molecule has 0 aromatic heterocycles. The van der Waals surface area contributed by atoms with Crippen LogP contribution in [-0.4, -0.2) is 33.8 Å². The summed E-state index contributed by atoms with van der Waals surface area (Å²) < 4.78 is 16.3. The Labute approximate surface area is 148 Å². The van der Waals surface area contributed by atoms with Gasteiger partial charge in [0.1, 0.15) is 5.75 Å². The molecular formula is C19H25N3O3. The fraction of sp³-hybridized carbons (Fsp3) is 0.316. The highest BCUT2D eigenvalue weighted by molar-refractivity contribution is 5.93. The van der Waals surface area contributed by atoms with E-state index in [1.165, 1.54) is 0 Å². The minimum Gasteiger partial charge on any atom is -0.496 e. The lowest BCUT2D eigenvalue weighted by molar-refractivity contribution is 0.311. The van der Waals surface area contributed by atoms with Crippen molar-refractivity contribution in [1.82, 2.24) is 5.32 Å². The van der Waals surface area contributed by atoms with Gasteiger partial charge >= 0.3 is 0 Å². The zero-order chi connectivity index (χ0) is 18.1. The topological polar surface area (TPSA) is 64.1 Å². The van der Waals surface area contributed by atoms with E-state index in [2.05, 4.69) is 15.6 Å². The van der Waals surface area contributed by atoms with E-state index in [-0.39, 0.29) is 0 Å². The number of nitrogens with one attached hydrogen (secondary N) is 2. The van der Waals surface area contributed by atoms with Gasteiger partial charge in [-0.05, 0) is 25.1 Å². The van der Waals surface area contributed by atoms with Crippen LogP contribution in [0.5, 0.6) is 17.2 Å². The molecule has 134 valence electrons. The third-order valence-electron chi connectivity index (χ3n) is 3.59. The van der Waals surface area contributed by atoms with E-state index in [1.807, 2.05) is 49.4 Å². The molecule has 0 amide bonds. The smallest absolute Gasteiger partial charge is 0.195 e. The van der Waals surface area contributed by atoms with Crippen LogP contribution in [0.1, 0.15) is 12.5 Å². The fourth-order valence-corrected chi connectivity index (χ4v) is 2.36. The SMILES string of the molecule is CCOc1ccc(NC(=NC)NCc2ccccc2OC)cc1OC. The fourth-order valence-electron chi connectivity index (χ4n) is 2.36. The Bertz CT molecular complexity index is 717. The normalized spacial score (nSPS) is 11.0. The number of benzene rings is 2. The maximum atomic E-state index is 5.53. The van der Waals surface area contributed by atoms with Crippen LogP contribution in [0.15, 0.2) is 47.5 Å². The van der Waals surface area contributed by atoms with Crippen molar-refractivity contribution in [3.8, 4) is 17.2 Å². The van der Waals surface area contributed by atoms with Gasteiger partial charge in [0.25, 0.3) is 0 Å². The highest BCUT2D eigenvalue weighted by Crippen LogP contribution is 2.30. The van der Waals surface area contributed by atoms with Crippen LogP contribution >= 0.6 is 0 Å². The van der Waals surface area contributed by atoms with Gasteiger partial charge in [-0.2, -0.15) is 0 Å². The number of hydrogen-bond acceptors (Lipinski definition) is 4. The predicted octanol–water partition coefficient (Wildman–Crippen LogP) is 3.29. The lowest BCUT2D eigenvalue weighted by Crippen LogP contribution is -2.30. The molecule has 0 spiro atoms. The van der Waals surface area contributed by atoms with Crippen LogP contribution in [0, 0.1) is 0 Å². The van der Waals surface area contributed by atoms with Crippen LogP contribution < -0.4 is 24.8 Å². The van der Waals surface area contributed by atoms with Gasteiger partial charge in [-0.3, -0.25) is 4.99 Å². The van der Waals surface area contributed by atoms with Crippen molar-refractivity contribution in [1.29, 1.82) is 0 Å². The molecule has 2 aromatic rings. The second-order valence-electron chi connectivity index (χ2n) is 5.16. The summed E-state index contributed by atoms with van der Waals surface area (Å²) in [5.74, 6) is 2.88. The number of ether oxygens (including phenoxy) is 3. The number of nitrogens with zero attached hydrogens (tertiary/aromatic N) is 1. The molecule has 0 aliphatic carbocycles. The van der Waals surface area contributed by atoms with Crippen LogP contribution in [0.3, 0.4) is 0 Å². The van der Waals surface area contributed by atoms with Crippen LogP contribution in [0.25, 0.3) is 0 Å². The Balaban J connectivity index is 2.05. The number of anilines is 1. The molecule has 0 heterocycles. The average Bonchev–Trinajstić information content (AvgIpc) is 2.66. The molecule has 6 nitrogen and oxygen atoms in total. The number of para-hydroxylation sites is 1. The standard InChI is InChI=1S/C19H25N3O3/c1-5-25-17-11-10-15(12-18(17)24-4)22-19(20-2)21-13-14-8-6-7-9-16(14)23-3/h6-12H,5,13H2,1-4H3,(H2,20,21,22). The first-order valence-electron chi connectivity index (χ1n) is 8.12. The monoisotopic (exact) mass is 343 g/mol. The number of rotatable bonds is 7. The number of methoxy groups -OCH3 is 2. The summed E-state index contributed by atoms with van der Waals surface area (Å²) in [5.41, 5.74) is 1.91. The first-order chi connectivity index (χ1) is 12.2. The summed E-state index contributed by atoms with van der Waals surface area (Å²) in [6.45, 7) is 3.12. The lowest BCUT2D eigenvalue weighted by Gasteiger charge is -2.15. The second-order valence-corrected chi connectivity index (χ2v) is 5.16. The van der Waals surface area contributed by atoms with E-state index < -0.39 is 0 Å². The van der Waals surface area contributed by atoms with E-state index in [4.69, 9.17) is 14.2 Å². The molecule has 2 N–H and O–H groups in total. The molecule has 2 aromatic carbocycles. The van der Waals surface area contributed by atoms with E-state index >= 15 is 0 Å². The van der Waals surface area contributed by atoms with Crippen molar-refractivity contribution in [3.05, 3.63) is 48.0 Å². The lowest BCUT2D eigenvalue weighted by atomic mass is 10.2. The molecule has 6 heteroatoms. The summed E-state index contributed by atoms with van der Waals surface area (Å²) >= 11 is 0. The largest absolute Gasteiger partial charge is 0.496 e. The Morgan fingerprint density at radius 1 is 1.00 bits per heavy atom. The summed E-state index contributed by atoms with van der Waals surface area (Å²) in [6, 6.07) is 13.5. The molecule has 0 saturated heterocycles. The van der Waals surface area contributed by atoms with Gasteiger partial charge in [0.15, 0.2) is 17.5 Å². The molecule has 0 atom stereocenters. The minimum atomic E-state index is 0.589. The van der Waals surface area contributed by atoms with Gasteiger partial charge in [0.05, 0.1) is 20.8 Å². The quantitative estimate of drug-likeness (QED) is 0.597. The Kier molecular flexibility index (Phi) is 6.95. The zero-order valence-electron chi connectivity index (χ0n) is 15.1. The molecule has 0 unspecified atom stereocenters. The minimum absolute atomic E-state index is 0.589. The number of aliphatic imine (C=N–C) groups is 1. The van der Waals surface area contributed by atoms with Crippen molar-refractivity contribution in [2.75, 3.05) is 33.2 Å². The predicted molar refractivity (Wildman–Crippen MR) is 101 cm³/mol. The van der Waals surface area contributed by atoms with Crippen LogP contribution in [0.2, 0.25) is 0 Å². The molecule has 0 fully saturated rings. The second kappa shape index (κ2) is 9.42. The molecule has 0 bridgehead atoms. The van der Waals surface area contributed by atoms with Crippen molar-refractivity contribution in [2.24, 2.45) is 4.99 Å². The van der Waals surface area contributed by atoms with Crippen LogP contribution in [-0.2, 0) is 6.54 Å². The highest BCUT2D eigenvalue weighted by atomic mass is 16.5. The first kappa shape index (κ1) is 18.4. The summed E-state index contributed by atoms with van der Waals surface area (Å²) in [5, 5.41) is 6.52. The van der Waals surface area contributed by atoms with Crippen LogP contribution in [0.4, 0.5) is 5.69 Å². The van der Waals surface area contributed by atoms with Crippen molar-refractivity contribution in [2.45, 2.75) is 13.5 Å². The van der Waals surface area contributed by atoms with Gasteiger partial charge in [-0.25, -0.2) is 0 Å². The van der Waals surface area contributed by atoms with Gasteiger partial charge in [0, 0.05) is 30.9 Å². The Hall–Kier alpha value is -2.89. The van der Waals surface area contributed by atoms with Crippen molar-refractivity contribution >= 4 is 11.6 Å². The molecule has 0 saturated carbocycles. The third kappa shape index (κ3) is 5.04. The maximum absolute atomic E-state index is 5.53. The summed E-state index contributed by atoms with van der Waals surface area (Å²) in [4.78, 5) is 4.25. The van der Waals surface area contributed by atoms with E-state index in [0.717, 1.165) is 17.0 Å². The Morgan fingerprint density at radius 2 is 1.76 bits per heavy atom. The highest BCUT2D eigenvalue weighted by Gasteiger charge is 2.08. The number of hydrogen-bond donors (Lipinski definition) is 2. The van der Waals surface area contributed by atoms with Crippen molar-refractivity contribution in [3.63, 3.8) is 0 Å². The van der Waals surface area contributed by atoms with E-state index in [9.17, 15) is 0 Å². The summed E-state index contributed by atoms with van der Waals surface area (Å²) in [7, 11) is 5.01. The maximum Gasteiger partial charge on any atom is 0.195 e. The first-order valence-corrected chi connectivity index (χ1v) is 8.12. The van der Waals surface area contributed by atoms with E-state index in [0.29, 0.717) is 30.6 Å². The average molecular weight is 343 g/mol. The molecule has 25 heavy (non-hydrogen) atoms. The van der Waals surface area contributed by atoms with Gasteiger partial charge in [-0.1, -0.05) is 18.2 Å². The van der Waals surface area contributed by atoms with Gasteiger partial charge in [0.2, 0.25) is 0 Å². The number of guanidine groups is 1. The summed E-state index contributed by atoms with van der Waals surface area (Å²) in [6.07, 6.45) is 0. The molecular weight excluding hydrogens is 318 g/mol. The van der Waals surface area contributed by atoms with Gasteiger partial charge in [-0.15, -0.1) is 0 Å². The molecule has 0 aliphatic rings. The third-order valence-corrected chi connectivity index (χ3v) is 3.59.